The fraction of sp³-hybridized carbons (Fsp3) is 0.333. The zero-order valence-electron chi connectivity index (χ0n) is 3.80. The summed E-state index contributed by atoms with van der Waals surface area (Å²) in [7, 11) is 0. The van der Waals surface area contributed by atoms with Crippen molar-refractivity contribution in [3.05, 3.63) is 0 Å². The molecule has 1 rings (SSSR count). The third kappa shape index (κ3) is 1.03. The molecule has 3 nitrogen and oxygen atoms in total. The molecule has 1 unspecified atom stereocenters. The van der Waals surface area contributed by atoms with Crippen molar-refractivity contribution in [3.8, 4) is 0 Å². The van der Waals surface area contributed by atoms with Crippen LogP contribution >= 0.6 is 27.7 Å². The average Bonchev–Trinajstić information content (AvgIpc) is 1.85. The van der Waals surface area contributed by atoms with E-state index >= 15 is 0 Å². The van der Waals surface area contributed by atoms with Crippen LogP contribution in [0.2, 0.25) is 0 Å². The highest BCUT2D eigenvalue weighted by Gasteiger charge is 2.23. The van der Waals surface area contributed by atoms with Crippen molar-refractivity contribution in [2.24, 2.45) is 10.7 Å². The smallest absolute Gasteiger partial charge is 0.272 e. The van der Waals surface area contributed by atoms with Gasteiger partial charge in [-0.25, -0.2) is 0 Å². The first-order chi connectivity index (χ1) is 3.70. The van der Waals surface area contributed by atoms with E-state index in [-0.39, 0.29) is 10.1 Å². The first kappa shape index (κ1) is 6.10. The Morgan fingerprint density at radius 3 is 2.62 bits per heavy atom. The molecule has 0 saturated carbocycles. The zero-order chi connectivity index (χ0) is 6.15. The molecule has 1 heterocycles. The first-order valence-electron chi connectivity index (χ1n) is 1.89. The van der Waals surface area contributed by atoms with E-state index in [0.717, 1.165) is 0 Å². The summed E-state index contributed by atoms with van der Waals surface area (Å²) in [6.45, 7) is 0. The van der Waals surface area contributed by atoms with Crippen molar-refractivity contribution >= 4 is 38.8 Å². The number of alkyl halides is 1. The van der Waals surface area contributed by atoms with E-state index in [4.69, 9.17) is 5.73 Å². The van der Waals surface area contributed by atoms with Gasteiger partial charge in [0.25, 0.3) is 5.91 Å². The Labute approximate surface area is 58.9 Å². The minimum atomic E-state index is -0.248. The lowest BCUT2D eigenvalue weighted by atomic mass is 10.7. The fourth-order valence-corrected chi connectivity index (χ4v) is 1.53. The third-order valence-electron chi connectivity index (χ3n) is 0.639. The Balaban J connectivity index is 2.70. The normalized spacial score (nSPS) is 28.4. The molecule has 0 aromatic rings. The van der Waals surface area contributed by atoms with Gasteiger partial charge in [-0.05, 0) is 0 Å². The van der Waals surface area contributed by atoms with Gasteiger partial charge in [0.05, 0.1) is 0 Å². The van der Waals surface area contributed by atoms with Gasteiger partial charge in [-0.2, -0.15) is 4.99 Å². The van der Waals surface area contributed by atoms with Crippen molar-refractivity contribution in [1.29, 1.82) is 0 Å². The lowest BCUT2D eigenvalue weighted by Crippen LogP contribution is -2.02. The summed E-state index contributed by atoms with van der Waals surface area (Å²) in [4.78, 5) is 13.9. The van der Waals surface area contributed by atoms with E-state index in [0.29, 0.717) is 5.17 Å². The summed E-state index contributed by atoms with van der Waals surface area (Å²) >= 11 is 4.29. The number of amides is 1. The number of thioether (sulfide) groups is 1. The molecule has 1 amide bonds. The zero-order valence-corrected chi connectivity index (χ0v) is 6.20. The largest absolute Gasteiger partial charge is 0.378 e. The maximum Gasteiger partial charge on any atom is 0.272 e. The van der Waals surface area contributed by atoms with E-state index in [2.05, 4.69) is 20.9 Å². The molecule has 0 aliphatic carbocycles. The quantitative estimate of drug-likeness (QED) is 0.565. The number of nitrogens with two attached hydrogens (primary N) is 1. The average molecular weight is 195 g/mol. The van der Waals surface area contributed by atoms with Crippen molar-refractivity contribution in [2.75, 3.05) is 0 Å². The van der Waals surface area contributed by atoms with Gasteiger partial charge >= 0.3 is 0 Å². The Bertz CT molecular complexity index is 157. The maximum atomic E-state index is 10.4. The van der Waals surface area contributed by atoms with E-state index in [1.165, 1.54) is 11.8 Å². The Morgan fingerprint density at radius 1 is 1.88 bits per heavy atom. The molecule has 8 heavy (non-hydrogen) atoms. The van der Waals surface area contributed by atoms with Gasteiger partial charge in [0.1, 0.15) is 4.16 Å². The van der Waals surface area contributed by atoms with Gasteiger partial charge in [-0.15, -0.1) is 0 Å². The molecule has 0 saturated heterocycles. The van der Waals surface area contributed by atoms with Gasteiger partial charge in [-0.1, -0.05) is 27.7 Å². The predicted octanol–water partition coefficient (Wildman–Crippen LogP) is 0.295. The van der Waals surface area contributed by atoms with Crippen LogP contribution in [0.15, 0.2) is 4.99 Å². The van der Waals surface area contributed by atoms with E-state index < -0.39 is 0 Å². The van der Waals surface area contributed by atoms with E-state index in [1.54, 1.807) is 0 Å². The molecule has 0 radical (unpaired) electrons. The molecule has 0 aromatic heterocycles. The van der Waals surface area contributed by atoms with Crippen LogP contribution in [0.1, 0.15) is 0 Å². The fourth-order valence-electron chi connectivity index (χ4n) is 0.342. The van der Waals surface area contributed by atoms with Gasteiger partial charge in [0.15, 0.2) is 5.17 Å². The molecule has 5 heteroatoms. The van der Waals surface area contributed by atoms with Crippen LogP contribution in [0.3, 0.4) is 0 Å². The van der Waals surface area contributed by atoms with Crippen molar-refractivity contribution in [3.63, 3.8) is 0 Å². The minimum absolute atomic E-state index is 0.201. The van der Waals surface area contributed by atoms with Crippen LogP contribution in [0.5, 0.6) is 0 Å². The van der Waals surface area contributed by atoms with Gasteiger partial charge in [0, 0.05) is 0 Å². The van der Waals surface area contributed by atoms with Crippen molar-refractivity contribution in [1.82, 2.24) is 0 Å². The standard InChI is InChI=1S/C3H3BrN2OS/c4-1-2(7)6-3(5)8-1/h1H,(H2,5,6,7). The topological polar surface area (TPSA) is 55.4 Å². The number of aliphatic imine (C=N–C) groups is 1. The van der Waals surface area contributed by atoms with Crippen LogP contribution in [0, 0.1) is 0 Å². The summed E-state index contributed by atoms with van der Waals surface area (Å²) in [5, 5.41) is 0.344. The lowest BCUT2D eigenvalue weighted by molar-refractivity contribution is -0.115. The summed E-state index contributed by atoms with van der Waals surface area (Å²) in [6, 6.07) is 0. The molecule has 1 aliphatic rings. The highest BCUT2D eigenvalue weighted by atomic mass is 79.9. The second-order valence-electron chi connectivity index (χ2n) is 1.22. The molecule has 0 fully saturated rings. The molecule has 2 N–H and O–H groups in total. The first-order valence-corrected chi connectivity index (χ1v) is 3.68. The van der Waals surface area contributed by atoms with E-state index in [1.807, 2.05) is 0 Å². The van der Waals surface area contributed by atoms with Crippen molar-refractivity contribution < 1.29 is 4.79 Å². The number of hydrogen-bond acceptors (Lipinski definition) is 3. The van der Waals surface area contributed by atoms with Gasteiger partial charge in [-0.3, -0.25) is 4.79 Å². The molecule has 1 atom stereocenters. The van der Waals surface area contributed by atoms with Gasteiger partial charge in [0.2, 0.25) is 0 Å². The van der Waals surface area contributed by atoms with Crippen LogP contribution in [0.25, 0.3) is 0 Å². The van der Waals surface area contributed by atoms with Crippen LogP contribution in [0.4, 0.5) is 0 Å². The number of rotatable bonds is 0. The SMILES string of the molecule is NC1=NC(=O)C(Br)S1. The number of carbonyl (C=O) groups excluding carboxylic acids is 1. The number of hydrogen-bond donors (Lipinski definition) is 1. The summed E-state index contributed by atoms with van der Waals surface area (Å²) < 4.78 is -0.248. The molecular weight excluding hydrogens is 192 g/mol. The Morgan fingerprint density at radius 2 is 2.50 bits per heavy atom. The number of halogens is 1. The second kappa shape index (κ2) is 2.06. The lowest BCUT2D eigenvalue weighted by Gasteiger charge is -1.88. The van der Waals surface area contributed by atoms with Crippen molar-refractivity contribution in [2.45, 2.75) is 4.16 Å². The molecular formula is C3H3BrN2OS. The van der Waals surface area contributed by atoms with Gasteiger partial charge < -0.3 is 5.73 Å². The summed E-state index contributed by atoms with van der Waals surface area (Å²) in [5.74, 6) is -0.201. The molecule has 1 aliphatic heterocycles. The predicted molar refractivity (Wildman–Crippen MR) is 36.9 cm³/mol. The second-order valence-corrected chi connectivity index (χ2v) is 3.87. The number of amidine groups is 1. The highest BCUT2D eigenvalue weighted by Crippen LogP contribution is 2.24. The minimum Gasteiger partial charge on any atom is -0.378 e. The summed E-state index contributed by atoms with van der Waals surface area (Å²) in [6.07, 6.45) is 0. The van der Waals surface area contributed by atoms with E-state index in [9.17, 15) is 4.79 Å². The third-order valence-corrected chi connectivity index (χ3v) is 2.33. The van der Waals surface area contributed by atoms with Crippen LogP contribution in [-0.4, -0.2) is 15.2 Å². The highest BCUT2D eigenvalue weighted by molar-refractivity contribution is 9.12. The number of carbonyl (C=O) groups is 1. The van der Waals surface area contributed by atoms with Crippen LogP contribution < -0.4 is 5.73 Å². The molecule has 0 spiro atoms. The Kier molecular flexibility index (Phi) is 1.57. The number of nitrogens with zero attached hydrogens (tertiary/aromatic N) is 1. The maximum absolute atomic E-state index is 10.4. The molecule has 0 aromatic carbocycles. The molecule has 0 bridgehead atoms. The molecule has 44 valence electrons. The summed E-state index contributed by atoms with van der Waals surface area (Å²) in [5.41, 5.74) is 5.18. The van der Waals surface area contributed by atoms with Crippen LogP contribution in [-0.2, 0) is 4.79 Å². The Hall–Kier alpha value is -0.0300. The monoisotopic (exact) mass is 194 g/mol.